The van der Waals surface area contributed by atoms with Gasteiger partial charge in [0.05, 0.1) is 6.33 Å². The normalized spacial score (nSPS) is 12.8. The van der Waals surface area contributed by atoms with E-state index in [0.29, 0.717) is 12.2 Å². The molecule has 1 aromatic rings. The highest BCUT2D eigenvalue weighted by Gasteiger charge is 2.24. The maximum absolute atomic E-state index is 12.0. The van der Waals surface area contributed by atoms with Crippen molar-refractivity contribution in [1.29, 1.82) is 0 Å². The molecule has 1 rings (SSSR count). The number of aliphatic carboxylic acids is 1. The quantitative estimate of drug-likeness (QED) is 0.753. The molecule has 0 unspecified atom stereocenters. The molecule has 0 fully saturated rings. The Morgan fingerprint density at radius 2 is 2.15 bits per heavy atom. The van der Waals surface area contributed by atoms with Gasteiger partial charge in [-0.05, 0) is 5.41 Å². The molecule has 0 saturated carbocycles. The van der Waals surface area contributed by atoms with Crippen LogP contribution >= 0.6 is 0 Å². The molecule has 20 heavy (non-hydrogen) atoms. The second kappa shape index (κ2) is 6.40. The lowest BCUT2D eigenvalue weighted by atomic mass is 9.96. The first-order valence-corrected chi connectivity index (χ1v) is 6.41. The van der Waals surface area contributed by atoms with Gasteiger partial charge in [-0.2, -0.15) is 0 Å². The Balaban J connectivity index is 2.61. The molecule has 0 aromatic carbocycles. The van der Waals surface area contributed by atoms with E-state index in [9.17, 15) is 9.59 Å². The Hall–Kier alpha value is -2.05. The molecule has 112 valence electrons. The van der Waals surface area contributed by atoms with Crippen molar-refractivity contribution < 1.29 is 14.7 Å². The molecule has 0 aliphatic heterocycles. The van der Waals surface area contributed by atoms with Gasteiger partial charge in [0.15, 0.2) is 0 Å². The molecule has 7 heteroatoms. The summed E-state index contributed by atoms with van der Waals surface area (Å²) in [6, 6.07) is -1.38. The minimum atomic E-state index is -1.07. The van der Waals surface area contributed by atoms with Crippen LogP contribution in [0.5, 0.6) is 0 Å². The number of H-pyrrole nitrogens is 1. The highest BCUT2D eigenvalue weighted by molar-refractivity contribution is 5.82. The van der Waals surface area contributed by atoms with Crippen LogP contribution in [0.25, 0.3) is 0 Å². The molecule has 0 radical (unpaired) electrons. The van der Waals surface area contributed by atoms with Gasteiger partial charge in [0, 0.05) is 31.9 Å². The summed E-state index contributed by atoms with van der Waals surface area (Å²) in [5, 5.41) is 11.7. The van der Waals surface area contributed by atoms with Crippen molar-refractivity contribution in [3.63, 3.8) is 0 Å². The minimum Gasteiger partial charge on any atom is -0.480 e. The molecule has 2 amide bonds. The minimum absolute atomic E-state index is 0.0474. The molecule has 0 aliphatic carbocycles. The second-order valence-corrected chi connectivity index (χ2v) is 6.04. The Morgan fingerprint density at radius 3 is 2.60 bits per heavy atom. The predicted octanol–water partition coefficient (Wildman–Crippen LogP) is 1.09. The summed E-state index contributed by atoms with van der Waals surface area (Å²) in [4.78, 5) is 31.3. The van der Waals surface area contributed by atoms with E-state index in [-0.39, 0.29) is 11.8 Å². The number of imidazole rings is 1. The average Bonchev–Trinajstić information content (AvgIpc) is 2.78. The van der Waals surface area contributed by atoms with E-state index in [1.54, 1.807) is 13.2 Å². The first-order chi connectivity index (χ1) is 9.19. The maximum atomic E-state index is 12.0. The third-order valence-electron chi connectivity index (χ3n) is 2.63. The second-order valence-electron chi connectivity index (χ2n) is 6.04. The highest BCUT2D eigenvalue weighted by atomic mass is 16.4. The van der Waals surface area contributed by atoms with Gasteiger partial charge in [-0.1, -0.05) is 20.8 Å². The zero-order valence-electron chi connectivity index (χ0n) is 12.3. The van der Waals surface area contributed by atoms with Crippen molar-refractivity contribution in [3.05, 3.63) is 18.2 Å². The van der Waals surface area contributed by atoms with Crippen LogP contribution in [0.2, 0.25) is 0 Å². The highest BCUT2D eigenvalue weighted by Crippen LogP contribution is 2.14. The zero-order valence-corrected chi connectivity index (χ0v) is 12.3. The summed E-state index contributed by atoms with van der Waals surface area (Å²) < 4.78 is 0. The lowest BCUT2D eigenvalue weighted by Gasteiger charge is -2.27. The van der Waals surface area contributed by atoms with Crippen molar-refractivity contribution in [2.45, 2.75) is 33.2 Å². The Labute approximate surface area is 118 Å². The molecule has 0 spiro atoms. The van der Waals surface area contributed by atoms with Gasteiger partial charge in [-0.15, -0.1) is 0 Å². The molecule has 1 aromatic heterocycles. The lowest BCUT2D eigenvalue weighted by molar-refractivity contribution is -0.139. The smallest absolute Gasteiger partial charge is 0.326 e. The van der Waals surface area contributed by atoms with Crippen LogP contribution in [0.3, 0.4) is 0 Å². The number of aromatic nitrogens is 2. The largest absolute Gasteiger partial charge is 0.480 e. The van der Waals surface area contributed by atoms with Gasteiger partial charge < -0.3 is 20.3 Å². The Kier molecular flexibility index (Phi) is 5.12. The summed E-state index contributed by atoms with van der Waals surface area (Å²) in [7, 11) is 1.65. The van der Waals surface area contributed by atoms with Crippen LogP contribution in [0.4, 0.5) is 4.79 Å². The monoisotopic (exact) mass is 282 g/mol. The molecule has 7 nitrogen and oxygen atoms in total. The first kappa shape index (κ1) is 16.0. The number of rotatable bonds is 5. The topological polar surface area (TPSA) is 98.3 Å². The van der Waals surface area contributed by atoms with Gasteiger partial charge >= 0.3 is 12.0 Å². The van der Waals surface area contributed by atoms with E-state index >= 15 is 0 Å². The summed E-state index contributed by atoms with van der Waals surface area (Å²) in [5.41, 5.74) is 0.616. The molecule has 0 aliphatic rings. The van der Waals surface area contributed by atoms with E-state index in [4.69, 9.17) is 5.11 Å². The Morgan fingerprint density at radius 1 is 1.50 bits per heavy atom. The van der Waals surface area contributed by atoms with E-state index in [1.807, 2.05) is 20.8 Å². The lowest BCUT2D eigenvalue weighted by Crippen LogP contribution is -2.49. The summed E-state index contributed by atoms with van der Waals surface area (Å²) >= 11 is 0. The standard InChI is InChI=1S/C13H22N4O3/c1-13(2,3)7-17(4)12(20)16-10(11(18)19)5-9-6-14-8-15-9/h6,8,10H,5,7H2,1-4H3,(H,14,15)(H,16,20)(H,18,19)/t10-/m0/s1. The SMILES string of the molecule is CN(CC(C)(C)C)C(=O)N[C@@H](Cc1cnc[nH]1)C(=O)O. The molecule has 0 bridgehead atoms. The van der Waals surface area contributed by atoms with Gasteiger partial charge in [0.25, 0.3) is 0 Å². The zero-order chi connectivity index (χ0) is 15.3. The number of carbonyl (C=O) groups excluding carboxylic acids is 1. The number of hydrogen-bond acceptors (Lipinski definition) is 3. The van der Waals surface area contributed by atoms with Crippen LogP contribution in [0.1, 0.15) is 26.5 Å². The molecular weight excluding hydrogens is 260 g/mol. The summed E-state index contributed by atoms with van der Waals surface area (Å²) in [6.07, 6.45) is 3.19. The number of amides is 2. The van der Waals surface area contributed by atoms with Gasteiger partial charge in [-0.3, -0.25) is 0 Å². The number of carboxylic acids is 1. The van der Waals surface area contributed by atoms with Crippen molar-refractivity contribution in [2.75, 3.05) is 13.6 Å². The fraction of sp³-hybridized carbons (Fsp3) is 0.615. The van der Waals surface area contributed by atoms with E-state index in [0.717, 1.165) is 0 Å². The molecule has 0 saturated heterocycles. The average molecular weight is 282 g/mol. The summed E-state index contributed by atoms with van der Waals surface area (Å²) in [6.45, 7) is 6.57. The van der Waals surface area contributed by atoms with Gasteiger partial charge in [-0.25, -0.2) is 14.6 Å². The predicted molar refractivity (Wildman–Crippen MR) is 74.3 cm³/mol. The molecule has 1 atom stereocenters. The van der Waals surface area contributed by atoms with Crippen molar-refractivity contribution in [3.8, 4) is 0 Å². The number of carbonyl (C=O) groups is 2. The summed E-state index contributed by atoms with van der Waals surface area (Å²) in [5.74, 6) is -1.07. The van der Waals surface area contributed by atoms with Crippen LogP contribution in [-0.2, 0) is 11.2 Å². The van der Waals surface area contributed by atoms with Crippen LogP contribution in [-0.4, -0.2) is 51.6 Å². The molecular formula is C13H22N4O3. The first-order valence-electron chi connectivity index (χ1n) is 6.41. The maximum Gasteiger partial charge on any atom is 0.326 e. The van der Waals surface area contributed by atoms with E-state index in [1.165, 1.54) is 11.2 Å². The number of aromatic amines is 1. The van der Waals surface area contributed by atoms with E-state index in [2.05, 4.69) is 15.3 Å². The van der Waals surface area contributed by atoms with Crippen molar-refractivity contribution in [2.24, 2.45) is 5.41 Å². The third kappa shape index (κ3) is 5.29. The van der Waals surface area contributed by atoms with Crippen LogP contribution in [0, 0.1) is 5.41 Å². The third-order valence-corrected chi connectivity index (χ3v) is 2.63. The van der Waals surface area contributed by atoms with Crippen molar-refractivity contribution in [1.82, 2.24) is 20.2 Å². The van der Waals surface area contributed by atoms with Crippen LogP contribution < -0.4 is 5.32 Å². The number of nitrogens with one attached hydrogen (secondary N) is 2. The van der Waals surface area contributed by atoms with E-state index < -0.39 is 18.0 Å². The van der Waals surface area contributed by atoms with Crippen LogP contribution in [0.15, 0.2) is 12.5 Å². The fourth-order valence-electron chi connectivity index (χ4n) is 1.86. The number of hydrogen-bond donors (Lipinski definition) is 3. The van der Waals surface area contributed by atoms with Gasteiger partial charge in [0.2, 0.25) is 0 Å². The van der Waals surface area contributed by atoms with Gasteiger partial charge in [0.1, 0.15) is 6.04 Å². The molecule has 1 heterocycles. The number of carboxylic acid groups (broad SMARTS) is 1. The molecule has 3 N–H and O–H groups in total. The fourth-order valence-corrected chi connectivity index (χ4v) is 1.86. The Bertz CT molecular complexity index is 451. The van der Waals surface area contributed by atoms with Crippen molar-refractivity contribution >= 4 is 12.0 Å². The number of nitrogens with zero attached hydrogens (tertiary/aromatic N) is 2. The number of urea groups is 1.